The summed E-state index contributed by atoms with van der Waals surface area (Å²) in [6.45, 7) is 1.73. The van der Waals surface area contributed by atoms with Crippen LogP contribution >= 0.6 is 0 Å². The van der Waals surface area contributed by atoms with Crippen LogP contribution in [0.2, 0.25) is 0 Å². The molecule has 8 heteroatoms. The van der Waals surface area contributed by atoms with Gasteiger partial charge in [-0.3, -0.25) is 4.90 Å². The Morgan fingerprint density at radius 3 is 2.32 bits per heavy atom. The molecule has 0 bridgehead atoms. The van der Waals surface area contributed by atoms with E-state index >= 15 is 0 Å². The number of allylic oxidation sites excluding steroid dienone is 1. The first kappa shape index (κ1) is 21.6. The van der Waals surface area contributed by atoms with Crippen molar-refractivity contribution in [1.82, 2.24) is 0 Å². The highest BCUT2D eigenvalue weighted by Crippen LogP contribution is 2.43. The Hall–Kier alpha value is -4.12. The summed E-state index contributed by atoms with van der Waals surface area (Å²) in [6.07, 6.45) is 0. The van der Waals surface area contributed by atoms with Gasteiger partial charge in [0.15, 0.2) is 0 Å². The van der Waals surface area contributed by atoms with Crippen molar-refractivity contribution in [1.29, 1.82) is 5.26 Å². The molecule has 31 heavy (non-hydrogen) atoms. The van der Waals surface area contributed by atoms with Crippen LogP contribution in [0, 0.1) is 24.1 Å². The maximum atomic E-state index is 14.8. The summed E-state index contributed by atoms with van der Waals surface area (Å²) >= 11 is 0. The van der Waals surface area contributed by atoms with Gasteiger partial charge in [0.25, 0.3) is 0 Å². The number of rotatable bonds is 4. The molecule has 0 amide bonds. The summed E-state index contributed by atoms with van der Waals surface area (Å²) in [4.78, 5) is 26.8. The van der Waals surface area contributed by atoms with Crippen molar-refractivity contribution in [3.05, 3.63) is 88.1 Å². The maximum Gasteiger partial charge on any atom is 0.355 e. The number of hydrogen-bond donors (Lipinski definition) is 1. The molecule has 2 N–H and O–H groups in total. The van der Waals surface area contributed by atoms with E-state index in [0.29, 0.717) is 11.1 Å². The maximum absolute atomic E-state index is 14.8. The predicted octanol–water partition coefficient (Wildman–Crippen LogP) is 3.03. The number of hydrogen-bond acceptors (Lipinski definition) is 7. The fourth-order valence-electron chi connectivity index (χ4n) is 3.56. The van der Waals surface area contributed by atoms with Crippen LogP contribution in [-0.4, -0.2) is 26.2 Å². The van der Waals surface area contributed by atoms with Gasteiger partial charge in [-0.15, -0.1) is 0 Å². The third-order valence-electron chi connectivity index (χ3n) is 4.95. The molecule has 0 fully saturated rings. The summed E-state index contributed by atoms with van der Waals surface area (Å²) in [5, 5.41) is 9.94. The molecule has 0 aromatic heterocycles. The van der Waals surface area contributed by atoms with Crippen molar-refractivity contribution in [2.75, 3.05) is 19.1 Å². The van der Waals surface area contributed by atoms with Gasteiger partial charge in [0, 0.05) is 0 Å². The number of esters is 2. The van der Waals surface area contributed by atoms with Crippen molar-refractivity contribution < 1.29 is 23.5 Å². The normalized spacial score (nSPS) is 16.1. The van der Waals surface area contributed by atoms with Crippen molar-refractivity contribution in [3.8, 4) is 6.07 Å². The summed E-state index contributed by atoms with van der Waals surface area (Å²) in [6, 6.07) is 14.8. The average Bonchev–Trinajstić information content (AvgIpc) is 2.79. The molecule has 0 radical (unpaired) electrons. The summed E-state index contributed by atoms with van der Waals surface area (Å²) in [5.74, 6) is -3.69. The van der Waals surface area contributed by atoms with Crippen molar-refractivity contribution >= 4 is 17.6 Å². The molecule has 158 valence electrons. The smallest absolute Gasteiger partial charge is 0.355 e. The van der Waals surface area contributed by atoms with Crippen molar-refractivity contribution in [3.63, 3.8) is 0 Å². The SMILES string of the molecule is COC(=O)C1=C(C(=O)OC)N(c2cc(C)ccc2F)C(N)=C(C#N)C1c1ccccc1. The van der Waals surface area contributed by atoms with Gasteiger partial charge in [-0.05, 0) is 30.2 Å². The lowest BCUT2D eigenvalue weighted by atomic mass is 9.81. The number of nitriles is 1. The number of benzene rings is 2. The molecule has 0 aliphatic carbocycles. The number of nitrogens with two attached hydrogens (primary N) is 1. The molecule has 2 aromatic carbocycles. The summed E-state index contributed by atoms with van der Waals surface area (Å²) < 4.78 is 24.7. The van der Waals surface area contributed by atoms with Gasteiger partial charge in [-0.1, -0.05) is 36.4 Å². The van der Waals surface area contributed by atoms with Gasteiger partial charge >= 0.3 is 11.9 Å². The molecule has 2 aromatic rings. The lowest BCUT2D eigenvalue weighted by Crippen LogP contribution is -2.41. The number of aryl methyl sites for hydroxylation is 1. The lowest BCUT2D eigenvalue weighted by Gasteiger charge is -2.36. The number of halogens is 1. The monoisotopic (exact) mass is 421 g/mol. The van der Waals surface area contributed by atoms with Crippen LogP contribution in [0.25, 0.3) is 0 Å². The van der Waals surface area contributed by atoms with Gasteiger partial charge in [-0.25, -0.2) is 14.0 Å². The number of methoxy groups -OCH3 is 2. The van der Waals surface area contributed by atoms with E-state index in [1.807, 2.05) is 6.07 Å². The molecule has 0 saturated heterocycles. The summed E-state index contributed by atoms with van der Waals surface area (Å²) in [5.41, 5.74) is 6.92. The minimum absolute atomic E-state index is 0.0276. The Labute approximate surface area is 178 Å². The number of nitrogens with zero attached hydrogens (tertiary/aromatic N) is 2. The van der Waals surface area contributed by atoms with Gasteiger partial charge in [0.2, 0.25) is 0 Å². The predicted molar refractivity (Wildman–Crippen MR) is 111 cm³/mol. The highest BCUT2D eigenvalue weighted by Gasteiger charge is 2.43. The second-order valence-electron chi connectivity index (χ2n) is 6.79. The fourth-order valence-corrected chi connectivity index (χ4v) is 3.56. The van der Waals surface area contributed by atoms with E-state index in [-0.39, 0.29) is 28.4 Å². The van der Waals surface area contributed by atoms with E-state index in [1.165, 1.54) is 12.1 Å². The zero-order valence-electron chi connectivity index (χ0n) is 17.2. The third-order valence-corrected chi connectivity index (χ3v) is 4.95. The molecule has 1 atom stereocenters. The zero-order chi connectivity index (χ0) is 22.7. The molecule has 1 unspecified atom stereocenters. The molecule has 3 rings (SSSR count). The zero-order valence-corrected chi connectivity index (χ0v) is 17.2. The first-order chi connectivity index (χ1) is 14.8. The van der Waals surface area contributed by atoms with Crippen LogP contribution in [0.3, 0.4) is 0 Å². The van der Waals surface area contributed by atoms with Crippen LogP contribution in [0.1, 0.15) is 17.0 Å². The molecule has 1 heterocycles. The van der Waals surface area contributed by atoms with Gasteiger partial charge in [-0.2, -0.15) is 5.26 Å². The largest absolute Gasteiger partial charge is 0.466 e. The second kappa shape index (κ2) is 8.71. The fraction of sp³-hybridized carbons (Fsp3) is 0.174. The minimum atomic E-state index is -1.00. The Morgan fingerprint density at radius 1 is 1.10 bits per heavy atom. The first-order valence-electron chi connectivity index (χ1n) is 9.27. The van der Waals surface area contributed by atoms with Crippen LogP contribution in [-0.2, 0) is 19.1 Å². The highest BCUT2D eigenvalue weighted by atomic mass is 19.1. The summed E-state index contributed by atoms with van der Waals surface area (Å²) in [7, 11) is 2.28. The van der Waals surface area contributed by atoms with E-state index in [0.717, 1.165) is 19.1 Å². The third kappa shape index (κ3) is 3.73. The topological polar surface area (TPSA) is 106 Å². The van der Waals surface area contributed by atoms with E-state index in [4.69, 9.17) is 15.2 Å². The standard InChI is InChI=1S/C23H20FN3O4/c1-13-9-10-16(24)17(11-13)27-20(23(29)31-3)19(22(28)30-2)18(15(12-25)21(27)26)14-7-5-4-6-8-14/h4-11,18H,26H2,1-3H3. The van der Waals surface area contributed by atoms with Gasteiger partial charge in [0.1, 0.15) is 17.3 Å². The van der Waals surface area contributed by atoms with Crippen LogP contribution in [0.15, 0.2) is 71.2 Å². The lowest BCUT2D eigenvalue weighted by molar-refractivity contribution is -0.139. The highest BCUT2D eigenvalue weighted by molar-refractivity contribution is 6.06. The Bertz CT molecular complexity index is 1150. The Balaban J connectivity index is 2.45. The second-order valence-corrected chi connectivity index (χ2v) is 6.79. The van der Waals surface area contributed by atoms with Crippen molar-refractivity contribution in [2.45, 2.75) is 12.8 Å². The number of ether oxygens (including phenoxy) is 2. The molecule has 0 saturated carbocycles. The quantitative estimate of drug-likeness (QED) is 0.757. The van der Waals surface area contributed by atoms with E-state index < -0.39 is 23.7 Å². The van der Waals surface area contributed by atoms with Gasteiger partial charge in [0.05, 0.1) is 43.0 Å². The van der Waals surface area contributed by atoms with Crippen LogP contribution < -0.4 is 10.6 Å². The molecule has 1 aliphatic heterocycles. The van der Waals surface area contributed by atoms with E-state index in [1.54, 1.807) is 43.3 Å². The molecular weight excluding hydrogens is 401 g/mol. The number of anilines is 1. The number of carbonyl (C=O) groups excluding carboxylic acids is 2. The van der Waals surface area contributed by atoms with Crippen molar-refractivity contribution in [2.24, 2.45) is 5.73 Å². The minimum Gasteiger partial charge on any atom is -0.466 e. The Kier molecular flexibility index (Phi) is 6.07. The van der Waals surface area contributed by atoms with E-state index in [2.05, 4.69) is 0 Å². The van der Waals surface area contributed by atoms with Gasteiger partial charge < -0.3 is 15.2 Å². The number of carbonyl (C=O) groups is 2. The van der Waals surface area contributed by atoms with E-state index in [9.17, 15) is 19.2 Å². The van der Waals surface area contributed by atoms with Crippen LogP contribution in [0.4, 0.5) is 10.1 Å². The first-order valence-corrected chi connectivity index (χ1v) is 9.27. The average molecular weight is 421 g/mol. The molecule has 0 spiro atoms. The Morgan fingerprint density at radius 2 is 1.74 bits per heavy atom. The molecule has 1 aliphatic rings. The molecular formula is C23H20FN3O4. The molecule has 7 nitrogen and oxygen atoms in total. The van der Waals surface area contributed by atoms with Crippen LogP contribution in [0.5, 0.6) is 0 Å².